The number of nitro groups is 1. The number of piperazine rings is 1. The summed E-state index contributed by atoms with van der Waals surface area (Å²) in [4.78, 5) is 37.5. The van der Waals surface area contributed by atoms with Crippen LogP contribution in [-0.4, -0.2) is 95.7 Å². The Morgan fingerprint density at radius 2 is 1.83 bits per heavy atom. The molecule has 2 aromatic heterocycles. The number of allylic oxidation sites excluding steroid dienone is 1. The van der Waals surface area contributed by atoms with E-state index in [-0.39, 0.29) is 53.5 Å². The largest absolute Gasteiger partial charge is 0.493 e. The summed E-state index contributed by atoms with van der Waals surface area (Å²) in [6.45, 7) is 8.90. The molecule has 1 aliphatic carbocycles. The first-order chi connectivity index (χ1) is 31.6. The van der Waals surface area contributed by atoms with Crippen molar-refractivity contribution >= 4 is 65.2 Å². The lowest BCUT2D eigenvalue weighted by Crippen LogP contribution is -2.47. The number of rotatable bonds is 12. The summed E-state index contributed by atoms with van der Waals surface area (Å²) in [6, 6.07) is 18.9. The second kappa shape index (κ2) is 18.7. The van der Waals surface area contributed by atoms with E-state index in [1.165, 1.54) is 35.0 Å². The first-order valence-corrected chi connectivity index (χ1v) is 26.2. The Morgan fingerprint density at radius 1 is 1.06 bits per heavy atom. The maximum absolute atomic E-state index is 14.1. The van der Waals surface area contributed by atoms with Crippen LogP contribution in [-0.2, 0) is 26.2 Å². The third-order valence-electron chi connectivity index (χ3n) is 13.2. The molecule has 0 radical (unpaired) electrons. The zero-order chi connectivity index (χ0) is 46.2. The molecule has 5 aromatic rings. The topological polar surface area (TPSA) is 189 Å². The predicted molar refractivity (Wildman–Crippen MR) is 257 cm³/mol. The van der Waals surface area contributed by atoms with Crippen molar-refractivity contribution in [3.05, 3.63) is 117 Å². The van der Waals surface area contributed by atoms with Gasteiger partial charge < -0.3 is 19.4 Å². The molecule has 0 spiro atoms. The number of nitrogens with zero attached hydrogens (tertiary/aromatic N) is 5. The number of halogens is 1. The minimum atomic E-state index is -4.67. The van der Waals surface area contributed by atoms with Crippen LogP contribution in [0.5, 0.6) is 17.2 Å². The number of carbonyl (C=O) groups is 1. The van der Waals surface area contributed by atoms with Crippen LogP contribution in [0.1, 0.15) is 73.9 Å². The number of nitro benzene ring substituents is 1. The van der Waals surface area contributed by atoms with Crippen LogP contribution in [0.3, 0.4) is 0 Å². The average Bonchev–Trinajstić information content (AvgIpc) is 3.77. The standard InChI is InChI=1S/C48H54ClN7O8S2/c1-48(2)14-12-35(42(27-48)33-6-8-36(49)9-7-33)30-54-16-18-55(19-17-54)37-10-11-40(45(24-37)64-38-23-34-13-15-50-46(34)51-29-38)47(57)53-66(61,62)39-25-43(56(58)59)41-22-32(31-63-44(41)26-39)28-52-65(60)20-4-3-5-21-65/h6-11,13,15,23-26,29,32H,3-5,12,14,16-22,27-28,30-31H2,1-2H3,(H,50,51)(H,53,57)/t32-/m0/s1. The van der Waals surface area contributed by atoms with Gasteiger partial charge in [0.1, 0.15) is 22.9 Å². The van der Waals surface area contributed by atoms with Gasteiger partial charge in [-0.3, -0.25) is 19.8 Å². The molecule has 1 atom stereocenters. The normalized spacial score (nSPS) is 19.7. The molecule has 9 rings (SSSR count). The lowest BCUT2D eigenvalue weighted by Gasteiger charge is -2.39. The Labute approximate surface area is 390 Å². The number of aromatic amines is 1. The molecule has 4 aliphatic rings. The van der Waals surface area contributed by atoms with E-state index in [1.54, 1.807) is 24.4 Å². The minimum absolute atomic E-state index is 0.0395. The van der Waals surface area contributed by atoms with Gasteiger partial charge in [-0.05, 0) is 91.5 Å². The number of nitrogens with one attached hydrogen (secondary N) is 2. The molecule has 1 amide bonds. The van der Waals surface area contributed by atoms with E-state index < -0.39 is 41.2 Å². The highest BCUT2D eigenvalue weighted by molar-refractivity contribution is 7.93. The Morgan fingerprint density at radius 3 is 2.59 bits per heavy atom. The van der Waals surface area contributed by atoms with Gasteiger partial charge in [-0.1, -0.05) is 49.6 Å². The number of sulfonamides is 1. The van der Waals surface area contributed by atoms with Gasteiger partial charge in [0.15, 0.2) is 0 Å². The Balaban J connectivity index is 0.937. The third kappa shape index (κ3) is 10.2. The lowest BCUT2D eigenvalue weighted by atomic mass is 9.72. The van der Waals surface area contributed by atoms with Crippen LogP contribution in [0.15, 0.2) is 94.0 Å². The van der Waals surface area contributed by atoms with Crippen molar-refractivity contribution < 1.29 is 31.8 Å². The van der Waals surface area contributed by atoms with E-state index in [2.05, 4.69) is 54.8 Å². The first kappa shape index (κ1) is 45.7. The molecule has 18 heteroatoms. The van der Waals surface area contributed by atoms with Crippen molar-refractivity contribution in [1.29, 1.82) is 0 Å². The molecule has 66 heavy (non-hydrogen) atoms. The molecule has 348 valence electrons. The quantitative estimate of drug-likeness (QED) is 0.0897. The summed E-state index contributed by atoms with van der Waals surface area (Å²) in [5, 5.41) is 13.9. The molecule has 5 heterocycles. The zero-order valence-electron chi connectivity index (χ0n) is 37.1. The van der Waals surface area contributed by atoms with Crippen LogP contribution in [0.4, 0.5) is 11.4 Å². The van der Waals surface area contributed by atoms with Gasteiger partial charge >= 0.3 is 0 Å². The minimum Gasteiger partial charge on any atom is -0.493 e. The lowest BCUT2D eigenvalue weighted by molar-refractivity contribution is -0.386. The summed E-state index contributed by atoms with van der Waals surface area (Å²) in [5.41, 5.74) is 5.45. The van der Waals surface area contributed by atoms with Gasteiger partial charge in [0.25, 0.3) is 21.6 Å². The maximum Gasteiger partial charge on any atom is 0.277 e. The van der Waals surface area contributed by atoms with Crippen LogP contribution in [0.25, 0.3) is 16.6 Å². The predicted octanol–water partition coefficient (Wildman–Crippen LogP) is 9.02. The number of H-pyrrole nitrogens is 1. The monoisotopic (exact) mass is 955 g/mol. The summed E-state index contributed by atoms with van der Waals surface area (Å²) in [5.74, 6) is 0.318. The number of aromatic nitrogens is 2. The smallest absolute Gasteiger partial charge is 0.277 e. The highest BCUT2D eigenvalue weighted by Gasteiger charge is 2.34. The number of benzene rings is 3. The molecule has 0 bridgehead atoms. The van der Waals surface area contributed by atoms with E-state index in [4.69, 9.17) is 21.1 Å². The number of ether oxygens (including phenoxy) is 2. The SMILES string of the molecule is CC1(C)CCC(CN2CCN(c3ccc(C(=O)NS(=O)(=O)c4cc5c(c([N+](=O)[O-])c4)C[C@@H](CN=S4(=O)CCCCC4)CO5)c(Oc4cnc5[nH]ccc5c4)c3)CC2)=C(c2ccc(Cl)cc2)C1. The van der Waals surface area contributed by atoms with E-state index in [0.717, 1.165) is 80.3 Å². The zero-order valence-corrected chi connectivity index (χ0v) is 39.5. The molecule has 0 unspecified atom stereocenters. The van der Waals surface area contributed by atoms with Gasteiger partial charge in [-0.25, -0.2) is 26.7 Å². The van der Waals surface area contributed by atoms with Crippen LogP contribution in [0.2, 0.25) is 5.02 Å². The molecule has 2 N–H and O–H groups in total. The molecular weight excluding hydrogens is 902 g/mol. The van der Waals surface area contributed by atoms with Gasteiger partial charge in [-0.15, -0.1) is 0 Å². The highest BCUT2D eigenvalue weighted by atomic mass is 35.5. The van der Waals surface area contributed by atoms with Crippen LogP contribution >= 0.6 is 11.6 Å². The van der Waals surface area contributed by atoms with Crippen molar-refractivity contribution in [1.82, 2.24) is 19.6 Å². The molecule has 15 nitrogen and oxygen atoms in total. The maximum atomic E-state index is 14.1. The van der Waals surface area contributed by atoms with Crippen molar-refractivity contribution in [3.63, 3.8) is 0 Å². The van der Waals surface area contributed by atoms with E-state index in [9.17, 15) is 27.5 Å². The Bertz CT molecular complexity index is 2940. The van der Waals surface area contributed by atoms with Gasteiger partial charge in [0.2, 0.25) is 0 Å². The fourth-order valence-electron chi connectivity index (χ4n) is 9.45. The summed E-state index contributed by atoms with van der Waals surface area (Å²) in [7, 11) is -6.99. The summed E-state index contributed by atoms with van der Waals surface area (Å²) >= 11 is 6.25. The molecule has 2 fully saturated rings. The number of fused-ring (bicyclic) bond motifs is 2. The summed E-state index contributed by atoms with van der Waals surface area (Å²) in [6.07, 6.45) is 9.38. The molecule has 2 saturated heterocycles. The van der Waals surface area contributed by atoms with E-state index in [0.29, 0.717) is 36.0 Å². The Kier molecular flexibility index (Phi) is 12.9. The fraction of sp³-hybridized carbons (Fsp3) is 0.417. The van der Waals surface area contributed by atoms with Gasteiger partial charge in [0.05, 0.1) is 40.3 Å². The summed E-state index contributed by atoms with van der Waals surface area (Å²) < 4.78 is 59.9. The number of hydrogen-bond donors (Lipinski definition) is 2. The molecule has 0 saturated carbocycles. The molecule has 3 aliphatic heterocycles. The molecule has 3 aromatic carbocycles. The number of pyridine rings is 1. The number of carbonyl (C=O) groups excluding carboxylic acids is 1. The highest BCUT2D eigenvalue weighted by Crippen LogP contribution is 2.44. The first-order valence-electron chi connectivity index (χ1n) is 22.5. The number of amides is 1. The average molecular weight is 957 g/mol. The second-order valence-electron chi connectivity index (χ2n) is 18.6. The van der Waals surface area contributed by atoms with Crippen molar-refractivity contribution in [2.45, 2.75) is 63.7 Å². The number of anilines is 1. The van der Waals surface area contributed by atoms with Gasteiger partial charge in [-0.2, -0.15) is 0 Å². The van der Waals surface area contributed by atoms with Crippen molar-refractivity contribution in [2.75, 3.05) is 62.3 Å². The third-order valence-corrected chi connectivity index (χ3v) is 17.2. The molecular formula is C48H54ClN7O8S2. The van der Waals surface area contributed by atoms with Crippen molar-refractivity contribution in [3.8, 4) is 17.2 Å². The van der Waals surface area contributed by atoms with Crippen LogP contribution < -0.4 is 19.1 Å². The van der Waals surface area contributed by atoms with Gasteiger partial charge in [0, 0.05) is 100 Å². The van der Waals surface area contributed by atoms with E-state index in [1.807, 2.05) is 18.2 Å². The number of hydrogen-bond acceptors (Lipinski definition) is 12. The van der Waals surface area contributed by atoms with Crippen LogP contribution in [0, 0.1) is 21.4 Å². The van der Waals surface area contributed by atoms with E-state index >= 15 is 0 Å². The fourth-order valence-corrected chi connectivity index (χ4v) is 12.8. The Hall–Kier alpha value is -5.49. The second-order valence-corrected chi connectivity index (χ2v) is 23.3. The van der Waals surface area contributed by atoms with Crippen molar-refractivity contribution in [2.24, 2.45) is 15.7 Å².